The number of ether oxygens (including phenoxy) is 1. The highest BCUT2D eigenvalue weighted by atomic mass is 16.6. The molecule has 2 aromatic carbocycles. The second-order valence-electron chi connectivity index (χ2n) is 11.2. The van der Waals surface area contributed by atoms with Gasteiger partial charge in [0.15, 0.2) is 0 Å². The van der Waals surface area contributed by atoms with Crippen molar-refractivity contribution in [3.8, 4) is 17.0 Å². The number of nitrogens with zero attached hydrogens (tertiary/aromatic N) is 3. The zero-order chi connectivity index (χ0) is 27.5. The lowest BCUT2D eigenvalue weighted by Gasteiger charge is -2.34. The summed E-state index contributed by atoms with van der Waals surface area (Å²) in [5.41, 5.74) is 8.64. The summed E-state index contributed by atoms with van der Waals surface area (Å²) >= 11 is 0. The van der Waals surface area contributed by atoms with E-state index in [0.717, 1.165) is 78.0 Å². The van der Waals surface area contributed by atoms with Crippen molar-refractivity contribution in [2.75, 3.05) is 7.05 Å². The normalized spacial score (nSPS) is 17.4. The summed E-state index contributed by atoms with van der Waals surface area (Å²) in [5, 5.41) is 11.9. The molecule has 0 aliphatic heterocycles. The molecule has 0 radical (unpaired) electrons. The molecule has 39 heavy (non-hydrogen) atoms. The van der Waals surface area contributed by atoms with Gasteiger partial charge in [0.2, 0.25) is 0 Å². The molecule has 5 rings (SSSR count). The van der Waals surface area contributed by atoms with Crippen LogP contribution in [0.2, 0.25) is 0 Å². The van der Waals surface area contributed by atoms with Crippen molar-refractivity contribution in [2.24, 2.45) is 0 Å². The molecule has 0 saturated heterocycles. The molecule has 6 nitrogen and oxygen atoms in total. The van der Waals surface area contributed by atoms with Crippen LogP contribution >= 0.6 is 0 Å². The number of aryl methyl sites for hydroxylation is 3. The van der Waals surface area contributed by atoms with Crippen molar-refractivity contribution in [3.05, 3.63) is 86.1 Å². The molecule has 1 heterocycles. The van der Waals surface area contributed by atoms with E-state index in [-0.39, 0.29) is 16.7 Å². The Morgan fingerprint density at radius 3 is 2.51 bits per heavy atom. The molecule has 1 atom stereocenters. The van der Waals surface area contributed by atoms with Gasteiger partial charge in [-0.25, -0.2) is 0 Å². The molecule has 6 heteroatoms. The Labute approximate surface area is 232 Å². The molecule has 1 saturated carbocycles. The maximum atomic E-state index is 11.9. The monoisotopic (exact) mass is 527 g/mol. The average molecular weight is 528 g/mol. The molecule has 0 amide bonds. The first-order valence-electron chi connectivity index (χ1n) is 14.7. The van der Waals surface area contributed by atoms with Gasteiger partial charge in [0, 0.05) is 47.1 Å². The minimum Gasteiger partial charge on any atom is -0.490 e. The van der Waals surface area contributed by atoms with E-state index in [4.69, 9.17) is 9.72 Å². The van der Waals surface area contributed by atoms with Crippen LogP contribution in [0, 0.1) is 17.0 Å². The van der Waals surface area contributed by atoms with Gasteiger partial charge in [-0.2, -0.15) is 0 Å². The van der Waals surface area contributed by atoms with Crippen LogP contribution in [0.15, 0.2) is 42.5 Å². The summed E-state index contributed by atoms with van der Waals surface area (Å²) in [4.78, 5) is 19.2. The fraction of sp³-hybridized carbons (Fsp3) is 0.485. The molecule has 2 aliphatic carbocycles. The number of hydrogen-bond acceptors (Lipinski definition) is 5. The maximum absolute atomic E-state index is 11.9. The Morgan fingerprint density at radius 2 is 1.79 bits per heavy atom. The highest BCUT2D eigenvalue weighted by molar-refractivity contribution is 5.74. The highest BCUT2D eigenvalue weighted by Gasteiger charge is 2.28. The first-order valence-corrected chi connectivity index (χ1v) is 14.7. The van der Waals surface area contributed by atoms with Crippen LogP contribution in [0.5, 0.6) is 5.75 Å². The summed E-state index contributed by atoms with van der Waals surface area (Å²) in [6.07, 6.45) is 9.58. The summed E-state index contributed by atoms with van der Waals surface area (Å²) in [5.74, 6) is 0.885. The van der Waals surface area contributed by atoms with E-state index < -0.39 is 0 Å². The van der Waals surface area contributed by atoms with E-state index >= 15 is 0 Å². The Kier molecular flexibility index (Phi) is 8.31. The van der Waals surface area contributed by atoms with Crippen molar-refractivity contribution in [1.82, 2.24) is 9.88 Å². The third-order valence-corrected chi connectivity index (χ3v) is 8.73. The van der Waals surface area contributed by atoms with Crippen LogP contribution in [0.1, 0.15) is 91.9 Å². The predicted molar refractivity (Wildman–Crippen MR) is 156 cm³/mol. The van der Waals surface area contributed by atoms with E-state index in [0.29, 0.717) is 12.5 Å². The fourth-order valence-electron chi connectivity index (χ4n) is 6.66. The summed E-state index contributed by atoms with van der Waals surface area (Å²) in [7, 11) is 2.21. The average Bonchev–Trinajstić information content (AvgIpc) is 3.46. The molecule has 1 fully saturated rings. The molecule has 206 valence electrons. The van der Waals surface area contributed by atoms with E-state index in [9.17, 15) is 10.1 Å². The Bertz CT molecular complexity index is 1350. The number of aromatic nitrogens is 1. The van der Waals surface area contributed by atoms with E-state index in [1.54, 1.807) is 6.07 Å². The summed E-state index contributed by atoms with van der Waals surface area (Å²) < 4.78 is 6.73. The number of pyridine rings is 1. The molecule has 0 spiro atoms. The van der Waals surface area contributed by atoms with Crippen molar-refractivity contribution >= 4 is 5.69 Å². The van der Waals surface area contributed by atoms with Gasteiger partial charge in [-0.1, -0.05) is 44.2 Å². The quantitative estimate of drug-likeness (QED) is 0.209. The smallest absolute Gasteiger partial charge is 0.273 e. The number of fused-ring (bicyclic) bond motifs is 1. The van der Waals surface area contributed by atoms with E-state index in [1.807, 2.05) is 13.0 Å². The third kappa shape index (κ3) is 5.58. The first-order chi connectivity index (χ1) is 18.9. The lowest BCUT2D eigenvalue weighted by atomic mass is 9.87. The largest absolute Gasteiger partial charge is 0.490 e. The first kappa shape index (κ1) is 27.3. The van der Waals surface area contributed by atoms with Gasteiger partial charge in [0.25, 0.3) is 5.69 Å². The number of nitro groups is 1. The molecular weight excluding hydrogens is 486 g/mol. The van der Waals surface area contributed by atoms with Crippen LogP contribution in [0.3, 0.4) is 0 Å². The van der Waals surface area contributed by atoms with Gasteiger partial charge >= 0.3 is 0 Å². The molecule has 2 aliphatic rings. The number of hydrogen-bond donors (Lipinski definition) is 0. The predicted octanol–water partition coefficient (Wildman–Crippen LogP) is 7.92. The second kappa shape index (κ2) is 11.9. The van der Waals surface area contributed by atoms with Gasteiger partial charge in [-0.3, -0.25) is 20.0 Å². The lowest BCUT2D eigenvalue weighted by Crippen LogP contribution is -2.28. The van der Waals surface area contributed by atoms with E-state index in [1.165, 1.54) is 30.4 Å². The molecule has 1 unspecified atom stereocenters. The van der Waals surface area contributed by atoms with Crippen molar-refractivity contribution in [3.63, 3.8) is 0 Å². The molecule has 0 N–H and O–H groups in total. The van der Waals surface area contributed by atoms with Crippen LogP contribution in [-0.2, 0) is 25.8 Å². The van der Waals surface area contributed by atoms with Crippen LogP contribution in [0.25, 0.3) is 11.3 Å². The number of nitro benzene ring substituents is 1. The van der Waals surface area contributed by atoms with Crippen LogP contribution < -0.4 is 4.74 Å². The standard InChI is InChI=1S/C33H41N3O3/c1-5-23-18-19-31(36(37)38)26(6-2)33(23)29-20-32(39-25-14-8-9-15-25)28(22(3)34-29)21-35(4)30-17-11-13-24-12-7-10-16-27(24)30/h7,10,12,16,18-20,25,30H,5-6,8-9,11,13-15,17,21H2,1-4H3. The Hall–Kier alpha value is -3.25. The maximum Gasteiger partial charge on any atom is 0.273 e. The molecule has 1 aromatic heterocycles. The number of rotatable bonds is 9. The fourth-order valence-corrected chi connectivity index (χ4v) is 6.66. The van der Waals surface area contributed by atoms with Gasteiger partial charge in [0.1, 0.15) is 5.75 Å². The number of benzene rings is 2. The van der Waals surface area contributed by atoms with Crippen LogP contribution in [0.4, 0.5) is 5.69 Å². The Balaban J connectivity index is 1.58. The van der Waals surface area contributed by atoms with Crippen molar-refractivity contribution in [1.29, 1.82) is 0 Å². The van der Waals surface area contributed by atoms with Crippen molar-refractivity contribution < 1.29 is 9.66 Å². The topological polar surface area (TPSA) is 68.5 Å². The van der Waals surface area contributed by atoms with Crippen LogP contribution in [-0.4, -0.2) is 28.0 Å². The second-order valence-corrected chi connectivity index (χ2v) is 11.2. The molecular formula is C33H41N3O3. The SMILES string of the molecule is CCc1ccc([N+](=O)[O-])c(CC)c1-c1cc(OC2CCCC2)c(CN(C)C2CCCc3ccccc32)c(C)n1. The minimum atomic E-state index is -0.268. The summed E-state index contributed by atoms with van der Waals surface area (Å²) in [6.45, 7) is 6.89. The van der Waals surface area contributed by atoms with Crippen molar-refractivity contribution in [2.45, 2.75) is 97.2 Å². The third-order valence-electron chi connectivity index (χ3n) is 8.73. The highest BCUT2D eigenvalue weighted by Crippen LogP contribution is 2.40. The summed E-state index contributed by atoms with van der Waals surface area (Å²) in [6, 6.07) is 14.8. The zero-order valence-corrected chi connectivity index (χ0v) is 23.8. The molecule has 3 aromatic rings. The Morgan fingerprint density at radius 1 is 1.03 bits per heavy atom. The van der Waals surface area contributed by atoms with E-state index in [2.05, 4.69) is 56.1 Å². The molecule has 0 bridgehead atoms. The minimum absolute atomic E-state index is 0.169. The van der Waals surface area contributed by atoms with Gasteiger partial charge in [-0.15, -0.1) is 0 Å². The van der Waals surface area contributed by atoms with Gasteiger partial charge in [-0.05, 0) is 88.4 Å². The van der Waals surface area contributed by atoms with Gasteiger partial charge < -0.3 is 4.74 Å². The van der Waals surface area contributed by atoms with Gasteiger partial charge in [0.05, 0.1) is 16.7 Å². The zero-order valence-electron chi connectivity index (χ0n) is 23.8. The lowest BCUT2D eigenvalue weighted by molar-refractivity contribution is -0.385.